The highest BCUT2D eigenvalue weighted by Gasteiger charge is 2.08. The topological polar surface area (TPSA) is 275 Å². The average Bonchev–Trinajstić information content (AvgIpc) is 1.82. The summed E-state index contributed by atoms with van der Waals surface area (Å²) in [5.41, 5.74) is 0. The summed E-state index contributed by atoms with van der Waals surface area (Å²) in [5.74, 6) is -1.54. The Morgan fingerprint density at radius 2 is 1.31 bits per heavy atom. The van der Waals surface area contributed by atoms with Crippen LogP contribution in [-0.2, 0) is 9.36 Å². The van der Waals surface area contributed by atoms with Gasteiger partial charge in [-0.1, -0.05) is 0 Å². The standard InChI is InChI=1S/C3H5ClO3.4H3N.H3O4P/c4-1-2(5)3(6)7;;;;;1-5(2,3)4/h2,5H,1H2,(H,6,7);4*1H3;(H3,1,2,3,4). The van der Waals surface area contributed by atoms with E-state index in [9.17, 15) is 4.79 Å². The lowest BCUT2D eigenvalue weighted by atomic mass is 10.4. The number of aliphatic carboxylic acids is 1. The predicted molar refractivity (Wildman–Crippen MR) is 58.7 cm³/mol. The van der Waals surface area contributed by atoms with Crippen LogP contribution in [0.4, 0.5) is 0 Å². The maximum atomic E-state index is 9.60. The highest BCUT2D eigenvalue weighted by atomic mass is 35.5. The number of alkyl halides is 1. The van der Waals surface area contributed by atoms with Crippen LogP contribution in [0.1, 0.15) is 0 Å². The lowest BCUT2D eigenvalue weighted by molar-refractivity contribution is -0.145. The number of aliphatic hydroxyl groups excluding tert-OH is 1. The minimum absolute atomic E-state index is 0. The first-order valence-electron chi connectivity index (χ1n) is 2.43. The SMILES string of the molecule is N.N.N.N.O=C(O)C(O)CCl.O=P(O)(O)O. The Bertz CT molecular complexity index is 180. The fourth-order valence-corrected chi connectivity index (χ4v) is 0.198. The van der Waals surface area contributed by atoms with E-state index in [1.807, 2.05) is 0 Å². The van der Waals surface area contributed by atoms with Crippen LogP contribution in [0.5, 0.6) is 0 Å². The van der Waals surface area contributed by atoms with Crippen LogP contribution in [0.15, 0.2) is 0 Å². The van der Waals surface area contributed by atoms with Crippen molar-refractivity contribution < 1.29 is 34.3 Å². The van der Waals surface area contributed by atoms with E-state index in [1.165, 1.54) is 0 Å². The molecule has 0 aliphatic heterocycles. The van der Waals surface area contributed by atoms with E-state index in [-0.39, 0.29) is 30.5 Å². The quantitative estimate of drug-likeness (QED) is 0.228. The Kier molecular flexibility index (Phi) is 38.5. The van der Waals surface area contributed by atoms with Crippen molar-refractivity contribution >= 4 is 25.4 Å². The number of hydrogen-bond donors (Lipinski definition) is 9. The van der Waals surface area contributed by atoms with Crippen molar-refractivity contribution in [2.45, 2.75) is 6.10 Å². The summed E-state index contributed by atoms with van der Waals surface area (Å²) in [5, 5.41) is 16.1. The Labute approximate surface area is 97.0 Å². The molecule has 0 aliphatic carbocycles. The third kappa shape index (κ3) is 68.3. The molecule has 0 amide bonds. The summed E-state index contributed by atoms with van der Waals surface area (Å²) in [6.07, 6.45) is -1.42. The van der Waals surface area contributed by atoms with Gasteiger partial charge < -0.3 is 49.5 Å². The molecule has 1 unspecified atom stereocenters. The van der Waals surface area contributed by atoms with Gasteiger partial charge in [0.05, 0.1) is 5.88 Å². The fraction of sp³-hybridized carbons (Fsp3) is 0.667. The van der Waals surface area contributed by atoms with Gasteiger partial charge in [0.15, 0.2) is 6.10 Å². The molecule has 0 saturated heterocycles. The highest BCUT2D eigenvalue weighted by molar-refractivity contribution is 7.45. The van der Waals surface area contributed by atoms with Crippen molar-refractivity contribution in [3.63, 3.8) is 0 Å². The highest BCUT2D eigenvalue weighted by Crippen LogP contribution is 2.25. The van der Waals surface area contributed by atoms with Gasteiger partial charge in [0.1, 0.15) is 0 Å². The van der Waals surface area contributed by atoms with E-state index in [0.717, 1.165) is 0 Å². The normalized spacial score (nSPS) is 9.56. The molecule has 11 nitrogen and oxygen atoms in total. The summed E-state index contributed by atoms with van der Waals surface area (Å²) in [7, 11) is -4.64. The van der Waals surface area contributed by atoms with Gasteiger partial charge in [-0.15, -0.1) is 11.6 Å². The van der Waals surface area contributed by atoms with Crippen LogP contribution >= 0.6 is 19.4 Å². The smallest absolute Gasteiger partial charge is 0.466 e. The number of rotatable bonds is 2. The molecule has 0 aromatic rings. The van der Waals surface area contributed by atoms with Gasteiger partial charge in [0, 0.05) is 0 Å². The second kappa shape index (κ2) is 17.1. The van der Waals surface area contributed by atoms with Gasteiger partial charge in [-0.05, 0) is 0 Å². The van der Waals surface area contributed by atoms with Crippen molar-refractivity contribution in [1.29, 1.82) is 0 Å². The van der Waals surface area contributed by atoms with Crippen molar-refractivity contribution in [3.05, 3.63) is 0 Å². The molecule has 17 N–H and O–H groups in total. The number of phosphoric acid groups is 1. The van der Waals surface area contributed by atoms with Crippen LogP contribution < -0.4 is 24.6 Å². The number of carboxylic acid groups (broad SMARTS) is 1. The maximum Gasteiger partial charge on any atom is 0.466 e. The number of carbonyl (C=O) groups is 1. The fourth-order valence-electron chi connectivity index (χ4n) is 0.0660. The Morgan fingerprint density at radius 1 is 1.12 bits per heavy atom. The number of halogens is 1. The molecule has 106 valence electrons. The predicted octanol–water partition coefficient (Wildman–Crippen LogP) is -0.610. The van der Waals surface area contributed by atoms with Crippen LogP contribution in [0, 0.1) is 0 Å². The minimum Gasteiger partial charge on any atom is -0.479 e. The molecule has 0 heterocycles. The Balaban J connectivity index is -0.0000000258. The lowest BCUT2D eigenvalue weighted by Gasteiger charge is -1.94. The number of aliphatic hydroxyl groups is 1. The van der Waals surface area contributed by atoms with E-state index in [0.29, 0.717) is 0 Å². The molecule has 0 radical (unpaired) electrons. The van der Waals surface area contributed by atoms with E-state index >= 15 is 0 Å². The Morgan fingerprint density at radius 3 is 1.31 bits per heavy atom. The molecule has 0 fully saturated rings. The molecule has 0 aliphatic rings. The third-order valence-electron chi connectivity index (χ3n) is 0.431. The molecule has 1 atom stereocenters. The van der Waals surface area contributed by atoms with E-state index < -0.39 is 19.9 Å². The summed E-state index contributed by atoms with van der Waals surface area (Å²) < 4.78 is 8.88. The molecule has 0 rings (SSSR count). The van der Waals surface area contributed by atoms with Gasteiger partial charge in [0.2, 0.25) is 0 Å². The zero-order chi connectivity index (χ0) is 10.4. The summed E-state index contributed by atoms with van der Waals surface area (Å²) in [6.45, 7) is 0. The van der Waals surface area contributed by atoms with Crippen molar-refractivity contribution in [2.75, 3.05) is 5.88 Å². The van der Waals surface area contributed by atoms with E-state index in [1.54, 1.807) is 0 Å². The summed E-state index contributed by atoms with van der Waals surface area (Å²) in [4.78, 5) is 31.2. The first-order valence-corrected chi connectivity index (χ1v) is 4.53. The van der Waals surface area contributed by atoms with Crippen LogP contribution in [0.2, 0.25) is 0 Å². The van der Waals surface area contributed by atoms with Crippen LogP contribution in [0.25, 0.3) is 0 Å². The van der Waals surface area contributed by atoms with Gasteiger partial charge >= 0.3 is 13.8 Å². The molecule has 0 spiro atoms. The largest absolute Gasteiger partial charge is 0.479 e. The first-order chi connectivity index (χ1) is 5.18. The molecule has 16 heavy (non-hydrogen) atoms. The third-order valence-corrected chi connectivity index (χ3v) is 0.724. The molecular formula is C3H20ClN4O7P. The second-order valence-corrected chi connectivity index (χ2v) is 2.86. The van der Waals surface area contributed by atoms with E-state index in [2.05, 4.69) is 0 Å². The number of carboxylic acids is 1. The van der Waals surface area contributed by atoms with Gasteiger partial charge in [-0.3, -0.25) is 0 Å². The molecule has 0 aromatic carbocycles. The van der Waals surface area contributed by atoms with Crippen LogP contribution in [0.3, 0.4) is 0 Å². The minimum atomic E-state index is -4.64. The molecule has 0 saturated carbocycles. The summed E-state index contributed by atoms with van der Waals surface area (Å²) >= 11 is 4.92. The van der Waals surface area contributed by atoms with Gasteiger partial charge in [-0.2, -0.15) is 0 Å². The zero-order valence-electron chi connectivity index (χ0n) is 8.49. The second-order valence-electron chi connectivity index (χ2n) is 1.52. The zero-order valence-corrected chi connectivity index (χ0v) is 10.1. The molecule has 13 heteroatoms. The first kappa shape index (κ1) is 36.1. The van der Waals surface area contributed by atoms with Gasteiger partial charge in [0.25, 0.3) is 0 Å². The average molecular weight is 291 g/mol. The van der Waals surface area contributed by atoms with Crippen molar-refractivity contribution in [2.24, 2.45) is 0 Å². The molecule has 0 aromatic heterocycles. The lowest BCUT2D eigenvalue weighted by Crippen LogP contribution is -2.20. The van der Waals surface area contributed by atoms with Crippen molar-refractivity contribution in [1.82, 2.24) is 24.6 Å². The van der Waals surface area contributed by atoms with Gasteiger partial charge in [-0.25, -0.2) is 9.36 Å². The molecular weight excluding hydrogens is 270 g/mol. The van der Waals surface area contributed by atoms with E-state index in [4.69, 9.17) is 41.1 Å². The van der Waals surface area contributed by atoms with Crippen molar-refractivity contribution in [3.8, 4) is 0 Å². The molecule has 0 bridgehead atoms. The monoisotopic (exact) mass is 290 g/mol. The number of hydrogen-bond acceptors (Lipinski definition) is 7. The van der Waals surface area contributed by atoms with Crippen LogP contribution in [-0.4, -0.2) is 42.8 Å². The summed E-state index contributed by atoms with van der Waals surface area (Å²) in [6, 6.07) is 0. The maximum absolute atomic E-state index is 9.60. The Hall–Kier alpha value is -0.330.